The van der Waals surface area contributed by atoms with Crippen molar-refractivity contribution in [2.24, 2.45) is 0 Å². The van der Waals surface area contributed by atoms with Crippen molar-refractivity contribution >= 4 is 16.8 Å². The Kier molecular flexibility index (Phi) is 6.02. The van der Waals surface area contributed by atoms with Gasteiger partial charge in [-0.1, -0.05) is 38.1 Å². The second-order valence-electron chi connectivity index (χ2n) is 6.23. The quantitative estimate of drug-likeness (QED) is 0.674. The summed E-state index contributed by atoms with van der Waals surface area (Å²) in [5.41, 5.74) is 1.83. The molecule has 1 unspecified atom stereocenters. The zero-order valence-electron chi connectivity index (χ0n) is 15.3. The molecule has 5 heteroatoms. The van der Waals surface area contributed by atoms with Crippen LogP contribution in [0, 0.1) is 0 Å². The van der Waals surface area contributed by atoms with Crippen LogP contribution in [0.2, 0.25) is 0 Å². The molecule has 0 spiro atoms. The summed E-state index contributed by atoms with van der Waals surface area (Å²) in [4.78, 5) is 19.2. The van der Waals surface area contributed by atoms with E-state index in [-0.39, 0.29) is 11.9 Å². The number of nitrogens with zero attached hydrogens (tertiary/aromatic N) is 2. The largest absolute Gasteiger partial charge is 0.468 e. The molecule has 0 radical (unpaired) electrons. The maximum atomic E-state index is 12.5. The number of likely N-dealkylation sites (N-methyl/N-ethyl adjacent to an activating group) is 1. The predicted octanol–water partition coefficient (Wildman–Crippen LogP) is 3.57. The van der Waals surface area contributed by atoms with Gasteiger partial charge in [0.1, 0.15) is 5.76 Å². The lowest BCUT2D eigenvalue weighted by Crippen LogP contribution is -2.38. The number of pyridine rings is 1. The minimum atomic E-state index is -0.00753. The Balaban J connectivity index is 1.68. The van der Waals surface area contributed by atoms with Gasteiger partial charge in [0.15, 0.2) is 0 Å². The molecule has 0 aliphatic carbocycles. The van der Waals surface area contributed by atoms with E-state index in [0.717, 1.165) is 35.3 Å². The molecular formula is C21H25N3O2. The van der Waals surface area contributed by atoms with Gasteiger partial charge in [-0.25, -0.2) is 0 Å². The summed E-state index contributed by atoms with van der Waals surface area (Å²) in [5.74, 6) is 0.868. The molecule has 5 nitrogen and oxygen atoms in total. The van der Waals surface area contributed by atoms with Gasteiger partial charge in [-0.15, -0.1) is 0 Å². The average Bonchev–Trinajstić information content (AvgIpc) is 3.20. The molecule has 3 aromatic rings. The first kappa shape index (κ1) is 18.1. The molecule has 26 heavy (non-hydrogen) atoms. The summed E-state index contributed by atoms with van der Waals surface area (Å²) in [7, 11) is 0. The van der Waals surface area contributed by atoms with Crippen LogP contribution < -0.4 is 5.32 Å². The molecule has 0 saturated heterocycles. The fraction of sp³-hybridized carbons (Fsp3) is 0.333. The first-order valence-corrected chi connectivity index (χ1v) is 9.09. The third-order valence-electron chi connectivity index (χ3n) is 4.68. The van der Waals surface area contributed by atoms with Crippen LogP contribution >= 0.6 is 0 Å². The van der Waals surface area contributed by atoms with Gasteiger partial charge in [0, 0.05) is 18.1 Å². The molecule has 0 aliphatic heterocycles. The summed E-state index contributed by atoms with van der Waals surface area (Å²) in [6.07, 6.45) is 3.75. The number of hydrogen-bond donors (Lipinski definition) is 1. The first-order valence-electron chi connectivity index (χ1n) is 9.09. The van der Waals surface area contributed by atoms with Gasteiger partial charge in [0.05, 0.1) is 24.2 Å². The molecule has 1 amide bonds. The number of carbonyl (C=O) groups is 1. The lowest BCUT2D eigenvalue weighted by Gasteiger charge is -2.28. The van der Waals surface area contributed by atoms with Crippen molar-refractivity contribution in [1.29, 1.82) is 0 Å². The highest BCUT2D eigenvalue weighted by atomic mass is 16.3. The van der Waals surface area contributed by atoms with E-state index in [4.69, 9.17) is 4.42 Å². The first-order chi connectivity index (χ1) is 12.7. The van der Waals surface area contributed by atoms with E-state index < -0.39 is 0 Å². The van der Waals surface area contributed by atoms with Crippen LogP contribution in [-0.2, 0) is 11.2 Å². The Morgan fingerprint density at radius 3 is 2.69 bits per heavy atom. The van der Waals surface area contributed by atoms with E-state index in [1.54, 1.807) is 12.5 Å². The van der Waals surface area contributed by atoms with Gasteiger partial charge in [0.2, 0.25) is 5.91 Å². The zero-order chi connectivity index (χ0) is 18.4. The number of carbonyl (C=O) groups excluding carboxylic acids is 1. The second kappa shape index (κ2) is 8.63. The van der Waals surface area contributed by atoms with Gasteiger partial charge >= 0.3 is 0 Å². The molecule has 0 bridgehead atoms. The van der Waals surface area contributed by atoms with Crippen molar-refractivity contribution in [2.75, 3.05) is 19.6 Å². The van der Waals surface area contributed by atoms with E-state index in [1.165, 1.54) is 0 Å². The molecular weight excluding hydrogens is 326 g/mol. The molecule has 136 valence electrons. The highest BCUT2D eigenvalue weighted by Crippen LogP contribution is 2.20. The van der Waals surface area contributed by atoms with Gasteiger partial charge in [-0.3, -0.25) is 14.7 Å². The van der Waals surface area contributed by atoms with E-state index in [0.29, 0.717) is 13.0 Å². The Morgan fingerprint density at radius 1 is 1.15 bits per heavy atom. The molecule has 0 saturated carbocycles. The van der Waals surface area contributed by atoms with Crippen molar-refractivity contribution in [3.63, 3.8) is 0 Å². The maximum absolute atomic E-state index is 12.5. The minimum absolute atomic E-state index is 0.00753. The van der Waals surface area contributed by atoms with Crippen LogP contribution in [0.4, 0.5) is 0 Å². The van der Waals surface area contributed by atoms with Crippen molar-refractivity contribution < 1.29 is 9.21 Å². The number of rotatable bonds is 8. The highest BCUT2D eigenvalue weighted by Gasteiger charge is 2.21. The van der Waals surface area contributed by atoms with Crippen molar-refractivity contribution in [2.45, 2.75) is 26.3 Å². The molecule has 1 aromatic carbocycles. The van der Waals surface area contributed by atoms with Crippen molar-refractivity contribution in [3.05, 3.63) is 66.2 Å². The van der Waals surface area contributed by atoms with E-state index in [9.17, 15) is 4.79 Å². The SMILES string of the molecule is CCN(CC)C(CNC(=O)Cc1cccc2cccnc12)c1ccco1. The molecule has 0 aliphatic rings. The Morgan fingerprint density at radius 2 is 1.96 bits per heavy atom. The van der Waals surface area contributed by atoms with Crippen LogP contribution in [0.3, 0.4) is 0 Å². The summed E-state index contributed by atoms with van der Waals surface area (Å²) in [6.45, 7) is 6.54. The fourth-order valence-electron chi connectivity index (χ4n) is 3.31. The van der Waals surface area contributed by atoms with Gasteiger partial charge < -0.3 is 9.73 Å². The third-order valence-corrected chi connectivity index (χ3v) is 4.68. The van der Waals surface area contributed by atoms with Gasteiger partial charge in [0.25, 0.3) is 0 Å². The minimum Gasteiger partial charge on any atom is -0.468 e. The summed E-state index contributed by atoms with van der Waals surface area (Å²) in [5, 5.41) is 4.12. The second-order valence-corrected chi connectivity index (χ2v) is 6.23. The van der Waals surface area contributed by atoms with E-state index in [2.05, 4.69) is 29.0 Å². The molecule has 1 atom stereocenters. The van der Waals surface area contributed by atoms with E-state index in [1.807, 2.05) is 42.5 Å². The molecule has 0 fully saturated rings. The number of amides is 1. The van der Waals surface area contributed by atoms with Crippen LogP contribution in [0.1, 0.15) is 31.2 Å². The van der Waals surface area contributed by atoms with Crippen molar-refractivity contribution in [3.8, 4) is 0 Å². The third kappa shape index (κ3) is 4.11. The van der Waals surface area contributed by atoms with Crippen LogP contribution in [-0.4, -0.2) is 35.4 Å². The predicted molar refractivity (Wildman–Crippen MR) is 103 cm³/mol. The Bertz CT molecular complexity index is 836. The van der Waals surface area contributed by atoms with Crippen molar-refractivity contribution in [1.82, 2.24) is 15.2 Å². The fourth-order valence-corrected chi connectivity index (χ4v) is 3.31. The zero-order valence-corrected chi connectivity index (χ0v) is 15.3. The monoisotopic (exact) mass is 351 g/mol. The Labute approximate surface area is 154 Å². The molecule has 2 heterocycles. The number of benzene rings is 1. The molecule has 2 aromatic heterocycles. The topological polar surface area (TPSA) is 58.4 Å². The summed E-state index contributed by atoms with van der Waals surface area (Å²) in [6, 6.07) is 13.7. The van der Waals surface area contributed by atoms with Crippen LogP contribution in [0.25, 0.3) is 10.9 Å². The smallest absolute Gasteiger partial charge is 0.224 e. The Hall–Kier alpha value is -2.66. The number of para-hydroxylation sites is 1. The number of nitrogens with one attached hydrogen (secondary N) is 1. The van der Waals surface area contributed by atoms with Gasteiger partial charge in [-0.2, -0.15) is 0 Å². The summed E-state index contributed by atoms with van der Waals surface area (Å²) >= 11 is 0. The lowest BCUT2D eigenvalue weighted by molar-refractivity contribution is -0.120. The number of hydrogen-bond acceptors (Lipinski definition) is 4. The number of fused-ring (bicyclic) bond motifs is 1. The lowest BCUT2D eigenvalue weighted by atomic mass is 10.1. The standard InChI is InChI=1S/C21H25N3O2/c1-3-24(4-2)18(19-11-7-13-26-19)15-23-20(25)14-17-9-5-8-16-10-6-12-22-21(16)17/h5-13,18H,3-4,14-15H2,1-2H3,(H,23,25). The van der Waals surface area contributed by atoms with Gasteiger partial charge in [-0.05, 0) is 36.9 Å². The van der Waals surface area contributed by atoms with Crippen LogP contribution in [0.5, 0.6) is 0 Å². The summed E-state index contributed by atoms with van der Waals surface area (Å²) < 4.78 is 5.59. The highest BCUT2D eigenvalue weighted by molar-refractivity contribution is 5.87. The average molecular weight is 351 g/mol. The van der Waals surface area contributed by atoms with Crippen LogP contribution in [0.15, 0.2) is 59.3 Å². The van der Waals surface area contributed by atoms with E-state index >= 15 is 0 Å². The number of aromatic nitrogens is 1. The number of furan rings is 1. The normalized spacial score (nSPS) is 12.4. The maximum Gasteiger partial charge on any atom is 0.224 e. The molecule has 1 N–H and O–H groups in total. The molecule has 3 rings (SSSR count).